The molecule has 0 saturated carbocycles. The molecule has 0 radical (unpaired) electrons. The molecule has 2 rings (SSSR count). The van der Waals surface area contributed by atoms with Gasteiger partial charge in [0.2, 0.25) is 0 Å². The number of aryl methyl sites for hydroxylation is 1. The molecule has 1 aromatic carbocycles. The van der Waals surface area contributed by atoms with Gasteiger partial charge in [0.15, 0.2) is 0 Å². The van der Waals surface area contributed by atoms with Crippen LogP contribution in [-0.4, -0.2) is 13.1 Å². The first-order valence-corrected chi connectivity index (χ1v) is 6.07. The average molecular weight is 214 g/mol. The Morgan fingerprint density at radius 1 is 1.25 bits per heavy atom. The maximum atomic E-state index is 8.67. The minimum Gasteiger partial charge on any atom is -0.317 e. The van der Waals surface area contributed by atoms with E-state index in [9.17, 15) is 0 Å². The molecule has 0 spiro atoms. The highest BCUT2D eigenvalue weighted by molar-refractivity contribution is 5.31. The first-order chi connectivity index (χ1) is 7.92. The highest BCUT2D eigenvalue weighted by Gasteiger charge is 2.17. The summed E-state index contributed by atoms with van der Waals surface area (Å²) in [5, 5.41) is 12.1. The maximum Gasteiger partial charge on any atom is 0.0625 e. The Morgan fingerprint density at radius 2 is 2.00 bits per heavy atom. The summed E-state index contributed by atoms with van der Waals surface area (Å²) < 4.78 is 0. The zero-order chi connectivity index (χ0) is 11.2. The van der Waals surface area contributed by atoms with E-state index in [1.807, 2.05) is 0 Å². The molecular formula is C14H18N2. The number of hydrogen-bond donors (Lipinski definition) is 1. The molecule has 0 aromatic heterocycles. The normalized spacial score (nSPS) is 16.9. The summed E-state index contributed by atoms with van der Waals surface area (Å²) >= 11 is 0. The van der Waals surface area contributed by atoms with Gasteiger partial charge in [0.1, 0.15) is 0 Å². The fourth-order valence-electron chi connectivity index (χ4n) is 2.48. The van der Waals surface area contributed by atoms with Crippen molar-refractivity contribution in [2.24, 2.45) is 0 Å². The number of nitrogens with one attached hydrogen (secondary N) is 1. The fourth-order valence-corrected chi connectivity index (χ4v) is 2.48. The average Bonchev–Trinajstić information content (AvgIpc) is 2.38. The van der Waals surface area contributed by atoms with Gasteiger partial charge in [0.05, 0.1) is 6.07 Å². The van der Waals surface area contributed by atoms with Gasteiger partial charge in [-0.2, -0.15) is 5.26 Å². The number of piperidine rings is 1. The van der Waals surface area contributed by atoms with Crippen molar-refractivity contribution in [1.29, 1.82) is 5.26 Å². The van der Waals surface area contributed by atoms with Crippen molar-refractivity contribution in [2.45, 2.75) is 31.6 Å². The zero-order valence-corrected chi connectivity index (χ0v) is 9.58. The van der Waals surface area contributed by atoms with Gasteiger partial charge in [-0.15, -0.1) is 0 Å². The lowest BCUT2D eigenvalue weighted by molar-refractivity contribution is 0.458. The Bertz CT molecular complexity index is 373. The van der Waals surface area contributed by atoms with Gasteiger partial charge in [-0.3, -0.25) is 0 Å². The van der Waals surface area contributed by atoms with Crippen molar-refractivity contribution in [3.05, 3.63) is 35.4 Å². The summed E-state index contributed by atoms with van der Waals surface area (Å²) in [5.74, 6) is 0.691. The molecule has 0 unspecified atom stereocenters. The summed E-state index contributed by atoms with van der Waals surface area (Å²) in [4.78, 5) is 0. The maximum absolute atomic E-state index is 8.67. The smallest absolute Gasteiger partial charge is 0.0625 e. The van der Waals surface area contributed by atoms with Gasteiger partial charge in [-0.1, -0.05) is 24.3 Å². The van der Waals surface area contributed by atoms with E-state index in [0.29, 0.717) is 12.3 Å². The summed E-state index contributed by atoms with van der Waals surface area (Å²) in [5.41, 5.74) is 2.84. The second kappa shape index (κ2) is 5.67. The van der Waals surface area contributed by atoms with Crippen LogP contribution in [0.25, 0.3) is 0 Å². The first-order valence-electron chi connectivity index (χ1n) is 6.07. The van der Waals surface area contributed by atoms with E-state index in [4.69, 9.17) is 5.26 Å². The summed E-state index contributed by atoms with van der Waals surface area (Å²) in [6.07, 6.45) is 3.98. The lowest BCUT2D eigenvalue weighted by Crippen LogP contribution is -2.27. The van der Waals surface area contributed by atoms with Gasteiger partial charge in [0.25, 0.3) is 0 Å². The van der Waals surface area contributed by atoms with Gasteiger partial charge in [-0.05, 0) is 49.4 Å². The van der Waals surface area contributed by atoms with E-state index < -0.39 is 0 Å². The van der Waals surface area contributed by atoms with Crippen molar-refractivity contribution in [3.63, 3.8) is 0 Å². The van der Waals surface area contributed by atoms with Crippen LogP contribution < -0.4 is 5.32 Å². The summed E-state index contributed by atoms with van der Waals surface area (Å²) in [6, 6.07) is 10.8. The van der Waals surface area contributed by atoms with Crippen molar-refractivity contribution in [1.82, 2.24) is 5.32 Å². The minimum atomic E-state index is 0.627. The van der Waals surface area contributed by atoms with Crippen molar-refractivity contribution < 1.29 is 0 Å². The van der Waals surface area contributed by atoms with Crippen LogP contribution in [0, 0.1) is 11.3 Å². The van der Waals surface area contributed by atoms with Gasteiger partial charge in [-0.25, -0.2) is 0 Å². The Kier molecular flexibility index (Phi) is 3.96. The minimum absolute atomic E-state index is 0.627. The molecule has 1 N–H and O–H groups in total. The number of nitriles is 1. The van der Waals surface area contributed by atoms with Crippen LogP contribution in [0.5, 0.6) is 0 Å². The molecule has 1 aliphatic rings. The standard InChI is InChI=1S/C14H18N2/c15-9-3-5-12-4-1-2-6-14(12)13-7-10-16-11-8-13/h1-2,4,6,13,16H,3,5,7-8,10-11H2. The Hall–Kier alpha value is -1.33. The van der Waals surface area contributed by atoms with Gasteiger partial charge < -0.3 is 5.32 Å². The van der Waals surface area contributed by atoms with Crippen molar-refractivity contribution in [3.8, 4) is 6.07 Å². The molecule has 1 fully saturated rings. The van der Waals surface area contributed by atoms with Crippen molar-refractivity contribution in [2.75, 3.05) is 13.1 Å². The zero-order valence-electron chi connectivity index (χ0n) is 9.58. The third-order valence-electron chi connectivity index (χ3n) is 3.34. The molecule has 0 amide bonds. The molecule has 1 heterocycles. The van der Waals surface area contributed by atoms with Crippen LogP contribution in [0.4, 0.5) is 0 Å². The molecule has 1 saturated heterocycles. The van der Waals surface area contributed by atoms with Crippen LogP contribution >= 0.6 is 0 Å². The quantitative estimate of drug-likeness (QED) is 0.839. The molecule has 1 aromatic rings. The molecule has 2 nitrogen and oxygen atoms in total. The highest BCUT2D eigenvalue weighted by Crippen LogP contribution is 2.28. The summed E-state index contributed by atoms with van der Waals surface area (Å²) in [7, 11) is 0. The van der Waals surface area contributed by atoms with E-state index in [0.717, 1.165) is 19.5 Å². The number of benzene rings is 1. The Morgan fingerprint density at radius 3 is 2.75 bits per heavy atom. The fraction of sp³-hybridized carbons (Fsp3) is 0.500. The lowest BCUT2D eigenvalue weighted by Gasteiger charge is -2.25. The molecular weight excluding hydrogens is 196 g/mol. The van der Waals surface area contributed by atoms with Crippen molar-refractivity contribution >= 4 is 0 Å². The van der Waals surface area contributed by atoms with E-state index >= 15 is 0 Å². The number of rotatable bonds is 3. The summed E-state index contributed by atoms with van der Waals surface area (Å²) in [6.45, 7) is 2.24. The van der Waals surface area contributed by atoms with E-state index in [1.165, 1.54) is 24.0 Å². The lowest BCUT2D eigenvalue weighted by atomic mass is 9.86. The molecule has 16 heavy (non-hydrogen) atoms. The van der Waals surface area contributed by atoms with Crippen LogP contribution in [0.3, 0.4) is 0 Å². The largest absolute Gasteiger partial charge is 0.317 e. The molecule has 0 bridgehead atoms. The van der Waals surface area contributed by atoms with Gasteiger partial charge in [0, 0.05) is 6.42 Å². The molecule has 2 heteroatoms. The van der Waals surface area contributed by atoms with Crippen LogP contribution in [0.2, 0.25) is 0 Å². The van der Waals surface area contributed by atoms with Crippen LogP contribution in [-0.2, 0) is 6.42 Å². The second-order valence-corrected chi connectivity index (χ2v) is 4.38. The molecule has 1 aliphatic heterocycles. The Balaban J connectivity index is 2.14. The van der Waals surface area contributed by atoms with Gasteiger partial charge >= 0.3 is 0 Å². The Labute approximate surface area is 97.3 Å². The number of nitrogens with zero attached hydrogens (tertiary/aromatic N) is 1. The first kappa shape index (κ1) is 11.2. The molecule has 84 valence electrons. The molecule has 0 aliphatic carbocycles. The predicted octanol–water partition coefficient (Wildman–Crippen LogP) is 2.61. The second-order valence-electron chi connectivity index (χ2n) is 4.38. The van der Waals surface area contributed by atoms with E-state index in [2.05, 4.69) is 35.7 Å². The third-order valence-corrected chi connectivity index (χ3v) is 3.34. The number of hydrogen-bond acceptors (Lipinski definition) is 2. The predicted molar refractivity (Wildman–Crippen MR) is 65.2 cm³/mol. The van der Waals surface area contributed by atoms with E-state index in [-0.39, 0.29) is 0 Å². The highest BCUT2D eigenvalue weighted by atomic mass is 14.9. The SMILES string of the molecule is N#CCCc1ccccc1C1CCNCC1. The monoisotopic (exact) mass is 214 g/mol. The van der Waals surface area contributed by atoms with Crippen LogP contribution in [0.15, 0.2) is 24.3 Å². The van der Waals surface area contributed by atoms with Crippen LogP contribution in [0.1, 0.15) is 36.3 Å². The topological polar surface area (TPSA) is 35.8 Å². The van der Waals surface area contributed by atoms with E-state index in [1.54, 1.807) is 0 Å². The molecule has 0 atom stereocenters. The third kappa shape index (κ3) is 2.62.